The van der Waals surface area contributed by atoms with Crippen LogP contribution in [0.2, 0.25) is 0 Å². The molecule has 4 N–H and O–H groups in total. The number of hydrogen-bond acceptors (Lipinski definition) is 6. The van der Waals surface area contributed by atoms with Gasteiger partial charge in [0.05, 0.1) is 12.8 Å². The number of aromatic amines is 1. The molecule has 0 atom stereocenters. The molecule has 124 valence electrons. The minimum atomic E-state index is -0.255. The zero-order chi connectivity index (χ0) is 16.9. The van der Waals surface area contributed by atoms with Gasteiger partial charge in [0.1, 0.15) is 5.82 Å². The van der Waals surface area contributed by atoms with E-state index in [1.54, 1.807) is 12.3 Å². The third kappa shape index (κ3) is 3.61. The van der Waals surface area contributed by atoms with Crippen LogP contribution in [0.4, 0.5) is 11.6 Å². The van der Waals surface area contributed by atoms with Crippen molar-refractivity contribution in [3.05, 3.63) is 57.9 Å². The maximum absolute atomic E-state index is 11.5. The van der Waals surface area contributed by atoms with Gasteiger partial charge in [-0.15, -0.1) is 0 Å². The predicted molar refractivity (Wildman–Crippen MR) is 93.8 cm³/mol. The third-order valence-electron chi connectivity index (χ3n) is 3.31. The fourth-order valence-electron chi connectivity index (χ4n) is 2.29. The fourth-order valence-corrected chi connectivity index (χ4v) is 2.29. The van der Waals surface area contributed by atoms with Crippen LogP contribution in [0.3, 0.4) is 0 Å². The lowest BCUT2D eigenvalue weighted by atomic mass is 10.2. The van der Waals surface area contributed by atoms with Crippen LogP contribution in [0.5, 0.6) is 0 Å². The molecule has 8 heteroatoms. The topological polar surface area (TPSA) is 107 Å². The van der Waals surface area contributed by atoms with Crippen molar-refractivity contribution in [3.63, 3.8) is 0 Å². The van der Waals surface area contributed by atoms with Gasteiger partial charge in [0.15, 0.2) is 11.5 Å². The number of hydrazone groups is 1. The molecule has 0 aliphatic heterocycles. The first-order valence-corrected chi connectivity index (χ1v) is 7.49. The maximum atomic E-state index is 11.5. The fraction of sp³-hybridized carbons (Fsp3) is 0.188. The van der Waals surface area contributed by atoms with Gasteiger partial charge >= 0.3 is 0 Å². The second kappa shape index (κ2) is 6.97. The van der Waals surface area contributed by atoms with Crippen molar-refractivity contribution in [2.45, 2.75) is 6.92 Å². The Morgan fingerprint density at radius 1 is 1.38 bits per heavy atom. The second-order valence-electron chi connectivity index (χ2n) is 5.28. The van der Waals surface area contributed by atoms with E-state index in [1.165, 1.54) is 10.6 Å². The van der Waals surface area contributed by atoms with E-state index in [9.17, 15) is 4.79 Å². The number of aliphatic hydroxyl groups is 1. The van der Waals surface area contributed by atoms with Crippen LogP contribution in [0.25, 0.3) is 5.65 Å². The van der Waals surface area contributed by atoms with Gasteiger partial charge in [-0.1, -0.05) is 29.8 Å². The Hall–Kier alpha value is -3.13. The van der Waals surface area contributed by atoms with E-state index in [-0.39, 0.29) is 12.2 Å². The number of aryl methyl sites for hydroxylation is 1. The summed E-state index contributed by atoms with van der Waals surface area (Å²) in [7, 11) is 0. The van der Waals surface area contributed by atoms with E-state index < -0.39 is 0 Å². The van der Waals surface area contributed by atoms with Gasteiger partial charge in [-0.2, -0.15) is 5.10 Å². The number of hydrogen-bond donors (Lipinski definition) is 4. The van der Waals surface area contributed by atoms with E-state index in [0.717, 1.165) is 11.1 Å². The predicted octanol–water partition coefficient (Wildman–Crippen LogP) is 1.18. The molecule has 24 heavy (non-hydrogen) atoms. The molecule has 0 aliphatic carbocycles. The third-order valence-corrected chi connectivity index (χ3v) is 3.31. The van der Waals surface area contributed by atoms with Crippen LogP contribution in [-0.2, 0) is 0 Å². The lowest BCUT2D eigenvalue weighted by Crippen LogP contribution is -2.12. The highest BCUT2D eigenvalue weighted by atomic mass is 16.3. The van der Waals surface area contributed by atoms with Crippen molar-refractivity contribution in [2.24, 2.45) is 5.10 Å². The molecule has 3 aromatic rings. The van der Waals surface area contributed by atoms with Crippen molar-refractivity contribution in [1.29, 1.82) is 0 Å². The molecule has 0 saturated heterocycles. The summed E-state index contributed by atoms with van der Waals surface area (Å²) in [4.78, 5) is 15.8. The molecule has 0 saturated carbocycles. The minimum absolute atomic E-state index is 0.0242. The average Bonchev–Trinajstić information content (AvgIpc) is 2.93. The number of H-pyrrole nitrogens is 1. The first-order chi connectivity index (χ1) is 11.7. The zero-order valence-corrected chi connectivity index (χ0v) is 13.2. The molecule has 8 nitrogen and oxygen atoms in total. The molecule has 3 rings (SSSR count). The minimum Gasteiger partial charge on any atom is -0.395 e. The molecule has 0 aliphatic rings. The summed E-state index contributed by atoms with van der Waals surface area (Å²) < 4.78 is 1.52. The Morgan fingerprint density at radius 3 is 3.04 bits per heavy atom. The lowest BCUT2D eigenvalue weighted by Gasteiger charge is -2.09. The molecule has 0 amide bonds. The van der Waals surface area contributed by atoms with Gasteiger partial charge in [-0.25, -0.2) is 9.50 Å². The molecule has 0 radical (unpaired) electrons. The lowest BCUT2D eigenvalue weighted by molar-refractivity contribution is 0.311. The Morgan fingerprint density at radius 2 is 2.25 bits per heavy atom. The number of nitrogens with one attached hydrogen (secondary N) is 3. The first-order valence-electron chi connectivity index (χ1n) is 7.49. The molecule has 0 fully saturated rings. The van der Waals surface area contributed by atoms with Gasteiger partial charge in [0, 0.05) is 18.7 Å². The maximum Gasteiger partial charge on any atom is 0.266 e. The zero-order valence-electron chi connectivity index (χ0n) is 13.2. The monoisotopic (exact) mass is 326 g/mol. The van der Waals surface area contributed by atoms with Crippen LogP contribution in [0.15, 0.2) is 46.3 Å². The highest BCUT2D eigenvalue weighted by molar-refractivity contribution is 5.80. The second-order valence-corrected chi connectivity index (χ2v) is 5.28. The van der Waals surface area contributed by atoms with Gasteiger partial charge in [-0.05, 0) is 12.5 Å². The van der Waals surface area contributed by atoms with Gasteiger partial charge in [-0.3, -0.25) is 15.3 Å². The van der Waals surface area contributed by atoms with Crippen LogP contribution < -0.4 is 16.3 Å². The van der Waals surface area contributed by atoms with E-state index >= 15 is 0 Å². The molecule has 2 heterocycles. The largest absolute Gasteiger partial charge is 0.395 e. The van der Waals surface area contributed by atoms with Crippen molar-refractivity contribution in [1.82, 2.24) is 14.6 Å². The van der Waals surface area contributed by atoms with Crippen LogP contribution in [-0.4, -0.2) is 39.1 Å². The summed E-state index contributed by atoms with van der Waals surface area (Å²) in [5.41, 5.74) is 5.18. The quantitative estimate of drug-likeness (QED) is 0.402. The SMILES string of the molecule is Cc1cccc(/C=N/Nc2cc(NCCO)n3[nH]c(=O)cc3n2)c1. The van der Waals surface area contributed by atoms with Crippen molar-refractivity contribution < 1.29 is 5.11 Å². The number of nitrogens with zero attached hydrogens (tertiary/aromatic N) is 3. The summed E-state index contributed by atoms with van der Waals surface area (Å²) in [6.45, 7) is 2.35. The number of anilines is 2. The van der Waals surface area contributed by atoms with Gasteiger partial charge in [0.2, 0.25) is 0 Å². The molecule has 0 unspecified atom stereocenters. The molecular formula is C16H18N6O2. The summed E-state index contributed by atoms with van der Waals surface area (Å²) in [5, 5.41) is 18.8. The molecule has 1 aromatic carbocycles. The highest BCUT2D eigenvalue weighted by Crippen LogP contribution is 2.14. The normalized spacial score (nSPS) is 11.2. The number of aromatic nitrogens is 3. The molecular weight excluding hydrogens is 308 g/mol. The Labute approximate surface area is 137 Å². The summed E-state index contributed by atoms with van der Waals surface area (Å²) in [6, 6.07) is 11.0. The molecule has 0 spiro atoms. The van der Waals surface area contributed by atoms with Gasteiger partial charge in [0.25, 0.3) is 5.56 Å². The van der Waals surface area contributed by atoms with E-state index in [0.29, 0.717) is 23.8 Å². The van der Waals surface area contributed by atoms with Crippen molar-refractivity contribution >= 4 is 23.5 Å². The first kappa shape index (κ1) is 15.8. The van der Waals surface area contributed by atoms with E-state index in [4.69, 9.17) is 5.11 Å². The summed E-state index contributed by atoms with van der Waals surface area (Å²) in [6.07, 6.45) is 1.70. The summed E-state index contributed by atoms with van der Waals surface area (Å²) in [5.74, 6) is 1.09. The van der Waals surface area contributed by atoms with Crippen molar-refractivity contribution in [2.75, 3.05) is 23.9 Å². The number of aliphatic hydroxyl groups excluding tert-OH is 1. The number of rotatable bonds is 6. The highest BCUT2D eigenvalue weighted by Gasteiger charge is 2.06. The summed E-state index contributed by atoms with van der Waals surface area (Å²) >= 11 is 0. The van der Waals surface area contributed by atoms with Crippen LogP contribution in [0.1, 0.15) is 11.1 Å². The van der Waals surface area contributed by atoms with Gasteiger partial charge < -0.3 is 10.4 Å². The van der Waals surface area contributed by atoms with E-state index in [2.05, 4.69) is 25.9 Å². The molecule has 2 aromatic heterocycles. The van der Waals surface area contributed by atoms with Crippen LogP contribution in [0, 0.1) is 6.92 Å². The molecule has 0 bridgehead atoms. The van der Waals surface area contributed by atoms with E-state index in [1.807, 2.05) is 31.2 Å². The Bertz CT molecular complexity index is 928. The number of fused-ring (bicyclic) bond motifs is 1. The Balaban J connectivity index is 1.84. The number of benzene rings is 1. The smallest absolute Gasteiger partial charge is 0.266 e. The standard InChI is InChI=1S/C16H18N6O2/c1-11-3-2-4-12(7-11)10-18-20-13-8-14(17-5-6-23)22-15(19-13)9-16(24)21-22/h2-4,7-10,17,23H,5-6H2,1H3,(H,19,20)(H,21,24)/b18-10+. The Kier molecular flexibility index (Phi) is 4.57. The van der Waals surface area contributed by atoms with Crippen molar-refractivity contribution in [3.8, 4) is 0 Å². The average molecular weight is 326 g/mol. The van der Waals surface area contributed by atoms with Crippen LogP contribution >= 0.6 is 0 Å².